The number of nitrogens with zero attached hydrogens (tertiary/aromatic N) is 3. The third-order valence-corrected chi connectivity index (χ3v) is 11.9. The van der Waals surface area contributed by atoms with Crippen LogP contribution in [0, 0.1) is 11.3 Å². The summed E-state index contributed by atoms with van der Waals surface area (Å²) in [6.45, 7) is 4.60. The van der Waals surface area contributed by atoms with Crippen LogP contribution < -0.4 is 4.90 Å². The molecule has 59 heavy (non-hydrogen) atoms. The quantitative estimate of drug-likeness (QED) is 0.168. The van der Waals surface area contributed by atoms with Crippen LogP contribution in [0.15, 0.2) is 213 Å². The van der Waals surface area contributed by atoms with Crippen LogP contribution in [0.25, 0.3) is 82.1 Å². The lowest BCUT2D eigenvalue weighted by atomic mass is 9.93. The molecule has 2 heterocycles. The van der Waals surface area contributed by atoms with Gasteiger partial charge in [-0.2, -0.15) is 5.26 Å². The van der Waals surface area contributed by atoms with Crippen molar-refractivity contribution in [2.24, 2.45) is 0 Å². The summed E-state index contributed by atoms with van der Waals surface area (Å²) in [6, 6.07) is 65.5. The molecule has 3 heteroatoms. The summed E-state index contributed by atoms with van der Waals surface area (Å²) in [5.74, 6) is 0. The molecule has 0 saturated carbocycles. The summed E-state index contributed by atoms with van der Waals surface area (Å²) in [5, 5.41) is 19.3. The number of para-hydroxylation sites is 1. The Kier molecular flexibility index (Phi) is 8.10. The highest BCUT2D eigenvalue weighted by Crippen LogP contribution is 2.42. The van der Waals surface area contributed by atoms with Crippen LogP contribution in [-0.2, 0) is 6.42 Å². The molecule has 1 aromatic heterocycles. The number of rotatable bonds is 4. The van der Waals surface area contributed by atoms with Gasteiger partial charge in [-0.3, -0.25) is 0 Å². The van der Waals surface area contributed by atoms with E-state index in [1.165, 1.54) is 59.8 Å². The van der Waals surface area contributed by atoms with Crippen molar-refractivity contribution >= 4 is 65.5 Å². The normalized spacial score (nSPS) is 13.9. The van der Waals surface area contributed by atoms with Gasteiger partial charge in [0.2, 0.25) is 0 Å². The van der Waals surface area contributed by atoms with Crippen LogP contribution in [0.3, 0.4) is 0 Å². The molecule has 11 rings (SSSR count). The fourth-order valence-corrected chi connectivity index (χ4v) is 9.15. The molecule has 0 spiro atoms. The number of benzene rings is 9. The van der Waals surface area contributed by atoms with Crippen molar-refractivity contribution in [3.8, 4) is 34.0 Å². The van der Waals surface area contributed by atoms with Gasteiger partial charge in [-0.1, -0.05) is 134 Å². The van der Waals surface area contributed by atoms with Crippen LogP contribution in [0.2, 0.25) is 0 Å². The van der Waals surface area contributed by atoms with Crippen molar-refractivity contribution in [1.82, 2.24) is 4.57 Å². The zero-order chi connectivity index (χ0) is 39.5. The molecule has 276 valence electrons. The van der Waals surface area contributed by atoms with Gasteiger partial charge in [-0.15, -0.1) is 0 Å². The first-order chi connectivity index (χ1) is 29.1. The number of hydrogen-bond acceptors (Lipinski definition) is 2. The topological polar surface area (TPSA) is 32.0 Å². The highest BCUT2D eigenvalue weighted by atomic mass is 15.1. The highest BCUT2D eigenvalue weighted by Gasteiger charge is 2.20. The maximum absolute atomic E-state index is 9.33. The smallest absolute Gasteiger partial charge is 0.0991 e. The first-order valence-corrected chi connectivity index (χ1v) is 20.1. The SMILES string of the molecule is C=C1/C=C\C=C/Cc2cc(-c3ccc4c(c3)c3ccccc3n4-c3cccc(-c4ccc(C#N)cc4)c3)ccc2N1c1ccc2c3ccccc3c3ccccc3c2c1. The summed E-state index contributed by atoms with van der Waals surface area (Å²) in [5.41, 5.74) is 13.0. The number of nitriles is 1. The largest absolute Gasteiger partial charge is 0.311 e. The first kappa shape index (κ1) is 34.3. The third kappa shape index (κ3) is 5.73. The maximum Gasteiger partial charge on any atom is 0.0991 e. The third-order valence-electron chi connectivity index (χ3n) is 11.9. The Labute approximate surface area is 342 Å². The van der Waals surface area contributed by atoms with Crippen LogP contribution in [0.1, 0.15) is 11.1 Å². The standard InChI is InChI=1S/C56H37N3/c1-37-12-3-2-4-13-43-32-41(26-30-54(43)58(37)45-28-29-50-48-18-6-5-16-46(48)47-17-7-8-19-49(47)52(50)35-45)42-27-31-56-53(34-42)51-20-9-10-21-55(51)59(56)44-15-11-14-40(33-44)39-24-22-38(36-57)23-25-39/h2-12,14-35H,1,13H2/b4-2-,12-3-. The van der Waals surface area contributed by atoms with E-state index in [1.54, 1.807) is 0 Å². The average Bonchev–Trinajstić information content (AvgIpc) is 3.66. The fourth-order valence-electron chi connectivity index (χ4n) is 9.15. The molecule has 1 aliphatic heterocycles. The number of hydrogen-bond donors (Lipinski definition) is 0. The molecule has 0 radical (unpaired) electrons. The molecule has 0 N–H and O–H groups in total. The van der Waals surface area contributed by atoms with Crippen molar-refractivity contribution in [2.75, 3.05) is 4.90 Å². The molecule has 0 saturated heterocycles. The summed E-state index contributed by atoms with van der Waals surface area (Å²) in [4.78, 5) is 2.31. The van der Waals surface area contributed by atoms with Crippen LogP contribution in [0.4, 0.5) is 11.4 Å². The fraction of sp³-hybridized carbons (Fsp3) is 0.0179. The van der Waals surface area contributed by atoms with E-state index in [-0.39, 0.29) is 0 Å². The van der Waals surface area contributed by atoms with Gasteiger partial charge in [0, 0.05) is 33.5 Å². The zero-order valence-electron chi connectivity index (χ0n) is 32.3. The Balaban J connectivity index is 1.03. The van der Waals surface area contributed by atoms with Crippen LogP contribution >= 0.6 is 0 Å². The second-order valence-corrected chi connectivity index (χ2v) is 15.3. The second-order valence-electron chi connectivity index (χ2n) is 15.3. The molecule has 0 atom stereocenters. The van der Waals surface area contributed by atoms with Crippen LogP contribution in [-0.4, -0.2) is 4.57 Å². The number of fused-ring (bicyclic) bond motifs is 10. The Morgan fingerprint density at radius 2 is 1.08 bits per heavy atom. The molecule has 3 nitrogen and oxygen atoms in total. The van der Waals surface area contributed by atoms with Crippen molar-refractivity contribution in [3.63, 3.8) is 0 Å². The lowest BCUT2D eigenvalue weighted by Gasteiger charge is -2.28. The van der Waals surface area contributed by atoms with Gasteiger partial charge in [0.05, 0.1) is 22.7 Å². The van der Waals surface area contributed by atoms with E-state index in [2.05, 4.69) is 198 Å². The monoisotopic (exact) mass is 751 g/mol. The van der Waals surface area contributed by atoms with Crippen molar-refractivity contribution in [2.45, 2.75) is 6.42 Å². The molecular formula is C56H37N3. The molecule has 0 amide bonds. The van der Waals surface area contributed by atoms with Gasteiger partial charge < -0.3 is 9.47 Å². The lowest BCUT2D eigenvalue weighted by molar-refractivity contribution is 1.17. The highest BCUT2D eigenvalue weighted by molar-refractivity contribution is 6.25. The predicted octanol–water partition coefficient (Wildman–Crippen LogP) is 14.8. The van der Waals surface area contributed by atoms with E-state index in [4.69, 9.17) is 0 Å². The van der Waals surface area contributed by atoms with E-state index < -0.39 is 0 Å². The zero-order valence-corrected chi connectivity index (χ0v) is 32.3. The van der Waals surface area contributed by atoms with Crippen molar-refractivity contribution < 1.29 is 0 Å². The minimum absolute atomic E-state index is 0.660. The van der Waals surface area contributed by atoms with Gasteiger partial charge >= 0.3 is 0 Å². The minimum Gasteiger partial charge on any atom is -0.311 e. The lowest BCUT2D eigenvalue weighted by Crippen LogP contribution is -2.16. The summed E-state index contributed by atoms with van der Waals surface area (Å²) >= 11 is 0. The summed E-state index contributed by atoms with van der Waals surface area (Å²) < 4.78 is 2.36. The minimum atomic E-state index is 0.660. The number of allylic oxidation sites excluding steroid dienone is 4. The molecule has 1 aliphatic rings. The summed E-state index contributed by atoms with van der Waals surface area (Å²) in [7, 11) is 0. The van der Waals surface area contributed by atoms with Crippen molar-refractivity contribution in [1.29, 1.82) is 5.26 Å². The number of aromatic nitrogens is 1. The first-order valence-electron chi connectivity index (χ1n) is 20.1. The summed E-state index contributed by atoms with van der Waals surface area (Å²) in [6.07, 6.45) is 9.35. The Morgan fingerprint density at radius 3 is 1.85 bits per heavy atom. The molecule has 0 bridgehead atoms. The maximum atomic E-state index is 9.33. The van der Waals surface area contributed by atoms with Gasteiger partial charge in [-0.25, -0.2) is 0 Å². The molecule has 0 aliphatic carbocycles. The molecule has 0 unspecified atom stereocenters. The molecular weight excluding hydrogens is 715 g/mol. The van der Waals surface area contributed by atoms with Gasteiger partial charge in [0.15, 0.2) is 0 Å². The molecule has 10 aromatic rings. The second kappa shape index (κ2) is 13.9. The Hall–Kier alpha value is -7.93. The molecule has 9 aromatic carbocycles. The van der Waals surface area contributed by atoms with Gasteiger partial charge in [0.25, 0.3) is 0 Å². The van der Waals surface area contributed by atoms with Gasteiger partial charge in [-0.05, 0) is 139 Å². The van der Waals surface area contributed by atoms with E-state index in [1.807, 2.05) is 24.3 Å². The Bertz CT molecular complexity index is 3410. The Morgan fingerprint density at radius 1 is 0.458 bits per heavy atom. The predicted molar refractivity (Wildman–Crippen MR) is 249 cm³/mol. The van der Waals surface area contributed by atoms with Gasteiger partial charge in [0.1, 0.15) is 0 Å². The van der Waals surface area contributed by atoms with E-state index >= 15 is 0 Å². The number of anilines is 2. The van der Waals surface area contributed by atoms with Crippen molar-refractivity contribution in [3.05, 3.63) is 224 Å². The van der Waals surface area contributed by atoms with Crippen LogP contribution in [0.5, 0.6) is 0 Å². The van der Waals surface area contributed by atoms with E-state index in [0.29, 0.717) is 5.56 Å². The van der Waals surface area contributed by atoms with E-state index in [9.17, 15) is 5.26 Å². The average molecular weight is 752 g/mol. The molecule has 0 fully saturated rings. The van der Waals surface area contributed by atoms with E-state index in [0.717, 1.165) is 51.3 Å².